The Morgan fingerprint density at radius 3 is 2.57 bits per heavy atom. The molecule has 0 N–H and O–H groups in total. The molecular formula is C16H18N2O5. The van der Waals surface area contributed by atoms with Crippen LogP contribution in [0.5, 0.6) is 11.5 Å². The number of likely N-dealkylation sites (tertiary alicyclic amines) is 1. The average Bonchev–Trinajstić information content (AvgIpc) is 3.22. The molecule has 1 aromatic carbocycles. The number of carbonyl (C=O) groups excluding carboxylic acids is 2. The summed E-state index contributed by atoms with van der Waals surface area (Å²) in [6.07, 6.45) is 1.34. The Labute approximate surface area is 133 Å². The Hall–Kier alpha value is -2.44. The minimum absolute atomic E-state index is 0.00857. The molecule has 3 heterocycles. The van der Waals surface area contributed by atoms with Crippen LogP contribution in [0, 0.1) is 0 Å². The van der Waals surface area contributed by atoms with Gasteiger partial charge in [0.05, 0.1) is 6.54 Å². The summed E-state index contributed by atoms with van der Waals surface area (Å²) in [6, 6.07) is 5.43. The van der Waals surface area contributed by atoms with E-state index in [1.807, 2.05) is 4.90 Å². The van der Waals surface area contributed by atoms with Gasteiger partial charge in [-0.05, 0) is 31.0 Å². The van der Waals surface area contributed by atoms with Gasteiger partial charge in [-0.15, -0.1) is 0 Å². The number of fused-ring (bicyclic) bond motifs is 1. The third-order valence-electron chi connectivity index (χ3n) is 4.60. The minimum Gasteiger partial charge on any atom is -0.454 e. The molecule has 0 aliphatic carbocycles. The summed E-state index contributed by atoms with van der Waals surface area (Å²) in [5.74, 6) is 1.28. The van der Waals surface area contributed by atoms with Crippen molar-refractivity contribution in [3.8, 4) is 11.5 Å². The lowest BCUT2D eigenvalue weighted by Gasteiger charge is -2.35. The zero-order valence-electron chi connectivity index (χ0n) is 12.7. The second kappa shape index (κ2) is 5.64. The van der Waals surface area contributed by atoms with E-state index >= 15 is 0 Å². The number of hydrogen-bond acceptors (Lipinski definition) is 5. The van der Waals surface area contributed by atoms with Crippen LogP contribution in [0.15, 0.2) is 18.2 Å². The van der Waals surface area contributed by atoms with Crippen molar-refractivity contribution >= 4 is 12.0 Å². The Kier molecular flexibility index (Phi) is 3.48. The molecule has 0 aromatic heterocycles. The quantitative estimate of drug-likeness (QED) is 0.826. The first-order chi connectivity index (χ1) is 11.2. The molecule has 0 bridgehead atoms. The fourth-order valence-corrected chi connectivity index (χ4v) is 3.33. The first kappa shape index (κ1) is 14.2. The number of hydrogen-bond donors (Lipinski definition) is 0. The molecule has 0 unspecified atom stereocenters. The van der Waals surface area contributed by atoms with Crippen molar-refractivity contribution in [3.63, 3.8) is 0 Å². The molecule has 0 atom stereocenters. The SMILES string of the molecule is O=C(c1ccc2c(c1)OCO2)N1CCC(N2CCOC2=O)CC1. The summed E-state index contributed by atoms with van der Waals surface area (Å²) >= 11 is 0. The first-order valence-corrected chi connectivity index (χ1v) is 7.85. The van der Waals surface area contributed by atoms with E-state index < -0.39 is 0 Å². The molecule has 3 aliphatic heterocycles. The van der Waals surface area contributed by atoms with Gasteiger partial charge in [0.15, 0.2) is 11.5 Å². The highest BCUT2D eigenvalue weighted by atomic mass is 16.7. The van der Waals surface area contributed by atoms with E-state index in [4.69, 9.17) is 14.2 Å². The Morgan fingerprint density at radius 1 is 1.04 bits per heavy atom. The van der Waals surface area contributed by atoms with Crippen molar-refractivity contribution in [3.05, 3.63) is 23.8 Å². The van der Waals surface area contributed by atoms with E-state index in [1.54, 1.807) is 23.1 Å². The number of amides is 2. The summed E-state index contributed by atoms with van der Waals surface area (Å²) in [5.41, 5.74) is 0.605. The van der Waals surface area contributed by atoms with E-state index in [0.29, 0.717) is 43.3 Å². The molecule has 7 nitrogen and oxygen atoms in total. The number of rotatable bonds is 2. The van der Waals surface area contributed by atoms with Crippen LogP contribution < -0.4 is 9.47 Å². The molecule has 0 spiro atoms. The topological polar surface area (TPSA) is 68.3 Å². The lowest BCUT2D eigenvalue weighted by molar-refractivity contribution is 0.0658. The van der Waals surface area contributed by atoms with Gasteiger partial charge in [-0.1, -0.05) is 0 Å². The van der Waals surface area contributed by atoms with Gasteiger partial charge in [0, 0.05) is 24.7 Å². The van der Waals surface area contributed by atoms with Gasteiger partial charge in [-0.2, -0.15) is 0 Å². The fourth-order valence-electron chi connectivity index (χ4n) is 3.33. The molecule has 4 rings (SSSR count). The first-order valence-electron chi connectivity index (χ1n) is 7.85. The van der Waals surface area contributed by atoms with Crippen LogP contribution in [0.3, 0.4) is 0 Å². The van der Waals surface area contributed by atoms with Gasteiger partial charge >= 0.3 is 6.09 Å². The molecule has 2 amide bonds. The van der Waals surface area contributed by atoms with Gasteiger partial charge in [-0.3, -0.25) is 4.79 Å². The van der Waals surface area contributed by atoms with Crippen LogP contribution in [-0.4, -0.2) is 60.9 Å². The zero-order valence-corrected chi connectivity index (χ0v) is 12.7. The van der Waals surface area contributed by atoms with E-state index in [2.05, 4.69) is 0 Å². The number of ether oxygens (including phenoxy) is 3. The van der Waals surface area contributed by atoms with Crippen LogP contribution in [0.2, 0.25) is 0 Å². The number of nitrogens with zero attached hydrogens (tertiary/aromatic N) is 2. The lowest BCUT2D eigenvalue weighted by atomic mass is 10.0. The molecular weight excluding hydrogens is 300 g/mol. The van der Waals surface area contributed by atoms with E-state index in [0.717, 1.165) is 12.8 Å². The number of carbonyl (C=O) groups is 2. The zero-order chi connectivity index (χ0) is 15.8. The highest BCUT2D eigenvalue weighted by molar-refractivity contribution is 5.95. The molecule has 2 saturated heterocycles. The molecule has 7 heteroatoms. The summed E-state index contributed by atoms with van der Waals surface area (Å²) in [5, 5.41) is 0. The summed E-state index contributed by atoms with van der Waals surface area (Å²) in [4.78, 5) is 27.8. The summed E-state index contributed by atoms with van der Waals surface area (Å²) in [7, 11) is 0. The van der Waals surface area contributed by atoms with Crippen molar-refractivity contribution in [1.29, 1.82) is 0 Å². The number of cyclic esters (lactones) is 1. The van der Waals surface area contributed by atoms with Crippen molar-refractivity contribution in [2.24, 2.45) is 0 Å². The average molecular weight is 318 g/mol. The second-order valence-electron chi connectivity index (χ2n) is 5.90. The highest BCUT2D eigenvalue weighted by Gasteiger charge is 2.33. The van der Waals surface area contributed by atoms with Crippen LogP contribution in [0.25, 0.3) is 0 Å². The lowest BCUT2D eigenvalue weighted by Crippen LogP contribution is -2.47. The molecule has 122 valence electrons. The Bertz CT molecular complexity index is 639. The number of benzene rings is 1. The highest BCUT2D eigenvalue weighted by Crippen LogP contribution is 2.33. The van der Waals surface area contributed by atoms with Gasteiger partial charge in [-0.25, -0.2) is 4.79 Å². The molecule has 1 aromatic rings. The molecule has 23 heavy (non-hydrogen) atoms. The maximum Gasteiger partial charge on any atom is 0.410 e. The van der Waals surface area contributed by atoms with Crippen LogP contribution in [-0.2, 0) is 4.74 Å². The van der Waals surface area contributed by atoms with Crippen molar-refractivity contribution in [2.75, 3.05) is 33.0 Å². The second-order valence-corrected chi connectivity index (χ2v) is 5.90. The van der Waals surface area contributed by atoms with Crippen molar-refractivity contribution in [1.82, 2.24) is 9.80 Å². The maximum atomic E-state index is 12.6. The minimum atomic E-state index is -0.231. The summed E-state index contributed by atoms with van der Waals surface area (Å²) in [6.45, 7) is 2.60. The van der Waals surface area contributed by atoms with E-state index in [1.165, 1.54) is 0 Å². The smallest absolute Gasteiger partial charge is 0.410 e. The number of piperidine rings is 1. The van der Waals surface area contributed by atoms with Gasteiger partial charge in [0.1, 0.15) is 6.61 Å². The van der Waals surface area contributed by atoms with Crippen LogP contribution in [0.4, 0.5) is 4.79 Å². The van der Waals surface area contributed by atoms with Crippen LogP contribution in [0.1, 0.15) is 23.2 Å². The standard InChI is InChI=1S/C16H18N2O5/c19-15(11-1-2-13-14(9-11)23-10-22-13)17-5-3-12(4-6-17)18-7-8-21-16(18)20/h1-2,9,12H,3-8,10H2. The van der Waals surface area contributed by atoms with Crippen molar-refractivity contribution in [2.45, 2.75) is 18.9 Å². The normalized spacial score (nSPS) is 20.8. The van der Waals surface area contributed by atoms with E-state index in [9.17, 15) is 9.59 Å². The van der Waals surface area contributed by atoms with Gasteiger partial charge in [0.25, 0.3) is 5.91 Å². The Morgan fingerprint density at radius 2 is 1.83 bits per heavy atom. The fraction of sp³-hybridized carbons (Fsp3) is 0.500. The third-order valence-corrected chi connectivity index (χ3v) is 4.60. The van der Waals surface area contributed by atoms with Gasteiger partial charge < -0.3 is 24.0 Å². The monoisotopic (exact) mass is 318 g/mol. The van der Waals surface area contributed by atoms with Crippen LogP contribution >= 0.6 is 0 Å². The molecule has 0 saturated carbocycles. The Balaban J connectivity index is 1.40. The predicted molar refractivity (Wildman–Crippen MR) is 79.5 cm³/mol. The largest absolute Gasteiger partial charge is 0.454 e. The van der Waals surface area contributed by atoms with Gasteiger partial charge in [0.2, 0.25) is 6.79 Å². The van der Waals surface area contributed by atoms with Crippen molar-refractivity contribution < 1.29 is 23.8 Å². The van der Waals surface area contributed by atoms with E-state index in [-0.39, 0.29) is 24.8 Å². The third kappa shape index (κ3) is 2.56. The maximum absolute atomic E-state index is 12.6. The summed E-state index contributed by atoms with van der Waals surface area (Å²) < 4.78 is 15.6. The predicted octanol–water partition coefficient (Wildman–Crippen LogP) is 1.47. The molecule has 0 radical (unpaired) electrons. The molecule has 2 fully saturated rings. The molecule has 3 aliphatic rings.